The molecule has 2 heterocycles. The molecule has 7 heteroatoms. The number of amides is 2. The van der Waals surface area contributed by atoms with E-state index < -0.39 is 6.04 Å². The Morgan fingerprint density at radius 1 is 1.18 bits per heavy atom. The number of benzene rings is 2. The van der Waals surface area contributed by atoms with Crippen LogP contribution in [-0.2, 0) is 4.79 Å². The zero-order valence-corrected chi connectivity index (χ0v) is 16.2. The van der Waals surface area contributed by atoms with Crippen LogP contribution in [0.2, 0.25) is 0 Å². The maximum Gasteiger partial charge on any atom is 0.326 e. The molecule has 1 N–H and O–H groups in total. The fraction of sp³-hybridized carbons (Fsp3) is 0.0952. The van der Waals surface area contributed by atoms with Crippen molar-refractivity contribution in [3.05, 3.63) is 82.9 Å². The van der Waals surface area contributed by atoms with Crippen LogP contribution >= 0.6 is 15.9 Å². The lowest BCUT2D eigenvalue weighted by Crippen LogP contribution is -2.37. The normalized spacial score (nSPS) is 16.4. The predicted molar refractivity (Wildman–Crippen MR) is 108 cm³/mol. The summed E-state index contributed by atoms with van der Waals surface area (Å²) in [5.41, 5.74) is 2.09. The molecule has 0 aliphatic carbocycles. The number of carbonyl (C=O) groups excluding carboxylic acids is 2. The zero-order valence-electron chi connectivity index (χ0n) is 14.6. The second-order valence-corrected chi connectivity index (χ2v) is 7.18. The zero-order chi connectivity index (χ0) is 19.7. The molecule has 1 aromatic heterocycles. The van der Waals surface area contributed by atoms with Crippen LogP contribution in [0, 0.1) is 5.82 Å². The van der Waals surface area contributed by atoms with Crippen molar-refractivity contribution in [1.29, 1.82) is 0 Å². The summed E-state index contributed by atoms with van der Waals surface area (Å²) >= 11 is 3.52. The smallest absolute Gasteiger partial charge is 0.306 e. The van der Waals surface area contributed by atoms with Crippen molar-refractivity contribution >= 4 is 44.3 Å². The monoisotopic (exact) mass is 439 g/mol. The Kier molecular flexibility index (Phi) is 4.92. The molecule has 2 aromatic carbocycles. The fourth-order valence-electron chi connectivity index (χ4n) is 3.19. The van der Waals surface area contributed by atoms with E-state index in [4.69, 9.17) is 0 Å². The molecule has 0 bridgehead atoms. The minimum atomic E-state index is -0.501. The number of halogens is 2. The molecule has 0 spiro atoms. The second kappa shape index (κ2) is 7.52. The second-order valence-electron chi connectivity index (χ2n) is 6.39. The summed E-state index contributed by atoms with van der Waals surface area (Å²) in [6, 6.07) is 12.2. The van der Waals surface area contributed by atoms with Crippen molar-refractivity contribution in [1.82, 2.24) is 9.88 Å². The standard InChI is InChI=1S/C21H15BrFN3O2/c22-20-16-2-1-10-24-17(16)7-8-18(20)25-21(28)26-11-9-15(27)12-19(26)13-3-5-14(23)6-4-13/h1-11,19H,12H2,(H,25,28). The number of pyridine rings is 1. The summed E-state index contributed by atoms with van der Waals surface area (Å²) in [4.78, 5) is 30.6. The van der Waals surface area contributed by atoms with E-state index >= 15 is 0 Å². The highest BCUT2D eigenvalue weighted by Gasteiger charge is 2.29. The number of ketones is 1. The quantitative estimate of drug-likeness (QED) is 0.596. The van der Waals surface area contributed by atoms with E-state index in [0.29, 0.717) is 11.3 Å². The lowest BCUT2D eigenvalue weighted by molar-refractivity contribution is -0.116. The first-order chi connectivity index (χ1) is 13.5. The lowest BCUT2D eigenvalue weighted by atomic mass is 9.97. The molecular weight excluding hydrogens is 425 g/mol. The van der Waals surface area contributed by atoms with Crippen LogP contribution in [0.1, 0.15) is 18.0 Å². The van der Waals surface area contributed by atoms with Gasteiger partial charge in [-0.1, -0.05) is 18.2 Å². The number of hydrogen-bond acceptors (Lipinski definition) is 3. The van der Waals surface area contributed by atoms with Gasteiger partial charge in [0.15, 0.2) is 5.78 Å². The van der Waals surface area contributed by atoms with Gasteiger partial charge in [0.05, 0.1) is 21.7 Å². The summed E-state index contributed by atoms with van der Waals surface area (Å²) in [5.74, 6) is -0.456. The van der Waals surface area contributed by atoms with Crippen LogP contribution in [0.4, 0.5) is 14.9 Å². The molecule has 5 nitrogen and oxygen atoms in total. The minimum absolute atomic E-state index is 0.0867. The molecule has 4 rings (SSSR count). The Hall–Kier alpha value is -3.06. The number of carbonyl (C=O) groups is 2. The Morgan fingerprint density at radius 2 is 1.96 bits per heavy atom. The van der Waals surface area contributed by atoms with E-state index in [1.807, 2.05) is 18.2 Å². The molecule has 1 atom stereocenters. The highest BCUT2D eigenvalue weighted by Crippen LogP contribution is 2.33. The maximum atomic E-state index is 13.3. The van der Waals surface area contributed by atoms with Crippen molar-refractivity contribution in [3.8, 4) is 0 Å². The van der Waals surface area contributed by atoms with Crippen molar-refractivity contribution < 1.29 is 14.0 Å². The van der Waals surface area contributed by atoms with Gasteiger partial charge in [0.25, 0.3) is 0 Å². The average molecular weight is 440 g/mol. The third-order valence-electron chi connectivity index (χ3n) is 4.60. The van der Waals surface area contributed by atoms with Crippen molar-refractivity contribution in [2.24, 2.45) is 0 Å². The number of hydrogen-bond donors (Lipinski definition) is 1. The van der Waals surface area contributed by atoms with E-state index in [9.17, 15) is 14.0 Å². The Balaban J connectivity index is 1.64. The van der Waals surface area contributed by atoms with Gasteiger partial charge in [-0.3, -0.25) is 14.7 Å². The van der Waals surface area contributed by atoms with Gasteiger partial charge in [0.2, 0.25) is 0 Å². The summed E-state index contributed by atoms with van der Waals surface area (Å²) in [5, 5.41) is 3.75. The van der Waals surface area contributed by atoms with E-state index in [1.54, 1.807) is 24.4 Å². The average Bonchev–Trinajstić information content (AvgIpc) is 2.71. The van der Waals surface area contributed by atoms with E-state index in [-0.39, 0.29) is 24.1 Å². The van der Waals surface area contributed by atoms with Gasteiger partial charge in [0, 0.05) is 24.2 Å². The van der Waals surface area contributed by atoms with E-state index in [2.05, 4.69) is 26.2 Å². The van der Waals surface area contributed by atoms with Crippen LogP contribution < -0.4 is 5.32 Å². The number of rotatable bonds is 2. The van der Waals surface area contributed by atoms with Gasteiger partial charge in [-0.15, -0.1) is 0 Å². The van der Waals surface area contributed by atoms with Crippen molar-refractivity contribution in [3.63, 3.8) is 0 Å². The first-order valence-corrected chi connectivity index (χ1v) is 9.41. The van der Waals surface area contributed by atoms with Crippen LogP contribution in [0.3, 0.4) is 0 Å². The maximum absolute atomic E-state index is 13.3. The van der Waals surface area contributed by atoms with Crippen LogP contribution in [-0.4, -0.2) is 21.7 Å². The van der Waals surface area contributed by atoms with Gasteiger partial charge in [-0.2, -0.15) is 0 Å². The first kappa shape index (κ1) is 18.3. The molecule has 3 aromatic rings. The Bertz CT molecular complexity index is 1100. The lowest BCUT2D eigenvalue weighted by Gasteiger charge is -2.31. The molecular formula is C21H15BrFN3O2. The largest absolute Gasteiger partial charge is 0.326 e. The van der Waals surface area contributed by atoms with E-state index in [1.165, 1.54) is 29.3 Å². The molecule has 1 aliphatic heterocycles. The highest BCUT2D eigenvalue weighted by molar-refractivity contribution is 9.10. The van der Waals surface area contributed by atoms with Crippen molar-refractivity contribution in [2.45, 2.75) is 12.5 Å². The number of nitrogens with one attached hydrogen (secondary N) is 1. The van der Waals surface area contributed by atoms with Gasteiger partial charge < -0.3 is 5.32 Å². The molecule has 0 fully saturated rings. The van der Waals surface area contributed by atoms with Crippen molar-refractivity contribution in [2.75, 3.05) is 5.32 Å². The summed E-state index contributed by atoms with van der Waals surface area (Å²) in [6.45, 7) is 0. The molecule has 0 radical (unpaired) electrons. The molecule has 2 amide bonds. The molecule has 1 unspecified atom stereocenters. The topological polar surface area (TPSA) is 62.3 Å². The fourth-order valence-corrected chi connectivity index (χ4v) is 3.76. The first-order valence-electron chi connectivity index (χ1n) is 8.62. The molecule has 140 valence electrons. The third kappa shape index (κ3) is 3.53. The van der Waals surface area contributed by atoms with Crippen LogP contribution in [0.25, 0.3) is 10.9 Å². The third-order valence-corrected chi connectivity index (χ3v) is 5.46. The van der Waals surface area contributed by atoms with E-state index in [0.717, 1.165) is 15.4 Å². The molecule has 1 aliphatic rings. The van der Waals surface area contributed by atoms with Gasteiger partial charge in [0.1, 0.15) is 5.82 Å². The Morgan fingerprint density at radius 3 is 2.75 bits per heavy atom. The minimum Gasteiger partial charge on any atom is -0.306 e. The summed E-state index contributed by atoms with van der Waals surface area (Å²) in [6.07, 6.45) is 4.68. The highest BCUT2D eigenvalue weighted by atomic mass is 79.9. The summed E-state index contributed by atoms with van der Waals surface area (Å²) in [7, 11) is 0. The Labute approximate surface area is 169 Å². The van der Waals surface area contributed by atoms with Gasteiger partial charge in [-0.25, -0.2) is 9.18 Å². The van der Waals surface area contributed by atoms with Crippen LogP contribution in [0.15, 0.2) is 71.5 Å². The predicted octanol–water partition coefficient (Wildman–Crippen LogP) is 5.20. The number of fused-ring (bicyclic) bond motifs is 1. The van der Waals surface area contributed by atoms with Gasteiger partial charge >= 0.3 is 6.03 Å². The molecule has 0 saturated carbocycles. The SMILES string of the molecule is O=C1C=CN(C(=O)Nc2ccc3ncccc3c2Br)C(c2ccc(F)cc2)C1. The molecule has 28 heavy (non-hydrogen) atoms. The number of nitrogens with zero attached hydrogens (tertiary/aromatic N) is 2. The van der Waals surface area contributed by atoms with Crippen LogP contribution in [0.5, 0.6) is 0 Å². The van der Waals surface area contributed by atoms with Gasteiger partial charge in [-0.05, 0) is 57.9 Å². The number of urea groups is 1. The number of anilines is 1. The number of allylic oxidation sites excluding steroid dienone is 1. The molecule has 0 saturated heterocycles. The summed E-state index contributed by atoms with van der Waals surface area (Å²) < 4.78 is 14.0. The number of aromatic nitrogens is 1.